The summed E-state index contributed by atoms with van der Waals surface area (Å²) >= 11 is 0. The topological polar surface area (TPSA) is 171 Å². The van der Waals surface area contributed by atoms with E-state index in [1.165, 1.54) is 6.92 Å². The largest absolute Gasteiger partial charge is 0.480 e. The Bertz CT molecular complexity index is 274. The third-order valence-corrected chi connectivity index (χ3v) is 2.62. The summed E-state index contributed by atoms with van der Waals surface area (Å²) in [6.45, 7) is 0.000992. The Balaban J connectivity index is 4.36. The molecule has 9 heteroatoms. The molecule has 0 saturated heterocycles. The van der Waals surface area contributed by atoms with E-state index in [1.807, 2.05) is 0 Å². The van der Waals surface area contributed by atoms with Crippen LogP contribution in [0.2, 0.25) is 0 Å². The number of aliphatic hydroxyl groups excluding tert-OH is 6. The zero-order valence-electron chi connectivity index (χ0n) is 10.4. The van der Waals surface area contributed by atoms with Crippen molar-refractivity contribution in [1.82, 2.24) is 5.32 Å². The normalized spacial score (nSPS) is 21.2. The van der Waals surface area contributed by atoms with Crippen LogP contribution in [-0.4, -0.2) is 91.4 Å². The van der Waals surface area contributed by atoms with E-state index in [2.05, 4.69) is 5.32 Å². The summed E-state index contributed by atoms with van der Waals surface area (Å²) in [5, 5.41) is 66.1. The highest BCUT2D eigenvalue weighted by Crippen LogP contribution is 2.05. The second-order valence-electron chi connectivity index (χ2n) is 4.26. The molecule has 0 radical (unpaired) electrons. The van der Waals surface area contributed by atoms with E-state index < -0.39 is 55.7 Å². The van der Waals surface area contributed by atoms with Crippen molar-refractivity contribution in [3.8, 4) is 0 Å². The molecule has 0 aromatic carbocycles. The number of nitrogens with one attached hydrogen (secondary N) is 1. The van der Waals surface area contributed by atoms with Crippen LogP contribution in [0.1, 0.15) is 6.92 Å². The van der Waals surface area contributed by atoms with Crippen molar-refractivity contribution in [1.29, 1.82) is 0 Å². The predicted molar refractivity (Wildman–Crippen MR) is 62.2 cm³/mol. The second kappa shape index (κ2) is 8.38. The standard InChI is InChI=1S/C10H21NO8/c1-4(13)7(10(18)19)11-2-5(14)8(16)9(17)6(15)3-12/h4-9,11-17H,2-3H2,1H3,(H,18,19)/t4-,5?,6?,7+,8?,9?/m1/s1. The molecule has 6 atom stereocenters. The van der Waals surface area contributed by atoms with Gasteiger partial charge in [0.2, 0.25) is 0 Å². The van der Waals surface area contributed by atoms with Gasteiger partial charge in [-0.05, 0) is 6.92 Å². The van der Waals surface area contributed by atoms with Crippen molar-refractivity contribution in [3.63, 3.8) is 0 Å². The van der Waals surface area contributed by atoms with Crippen LogP contribution in [0.4, 0.5) is 0 Å². The van der Waals surface area contributed by atoms with Crippen molar-refractivity contribution >= 4 is 5.97 Å². The smallest absolute Gasteiger partial charge is 0.323 e. The highest BCUT2D eigenvalue weighted by Gasteiger charge is 2.31. The minimum atomic E-state index is -1.78. The average Bonchev–Trinajstić information content (AvgIpc) is 2.34. The first-order valence-corrected chi connectivity index (χ1v) is 5.69. The summed E-state index contributed by atoms with van der Waals surface area (Å²) in [4.78, 5) is 10.7. The van der Waals surface area contributed by atoms with Gasteiger partial charge in [-0.1, -0.05) is 0 Å². The number of hydrogen-bond acceptors (Lipinski definition) is 8. The molecule has 0 spiro atoms. The van der Waals surface area contributed by atoms with Crippen molar-refractivity contribution in [3.05, 3.63) is 0 Å². The molecule has 0 heterocycles. The van der Waals surface area contributed by atoms with Crippen molar-refractivity contribution in [2.45, 2.75) is 43.5 Å². The van der Waals surface area contributed by atoms with Gasteiger partial charge < -0.3 is 35.7 Å². The molecule has 0 aromatic heterocycles. The van der Waals surface area contributed by atoms with Gasteiger partial charge in [-0.15, -0.1) is 0 Å². The van der Waals surface area contributed by atoms with Crippen LogP contribution in [0, 0.1) is 0 Å². The lowest BCUT2D eigenvalue weighted by molar-refractivity contribution is -0.143. The molecular weight excluding hydrogens is 262 g/mol. The fourth-order valence-corrected chi connectivity index (χ4v) is 1.40. The number of aliphatic hydroxyl groups is 6. The number of carboxylic acid groups (broad SMARTS) is 1. The fraction of sp³-hybridized carbons (Fsp3) is 0.900. The van der Waals surface area contributed by atoms with Gasteiger partial charge in [-0.2, -0.15) is 0 Å². The van der Waals surface area contributed by atoms with Crippen molar-refractivity contribution in [2.24, 2.45) is 0 Å². The molecule has 0 amide bonds. The maximum absolute atomic E-state index is 10.7. The Morgan fingerprint density at radius 1 is 1.05 bits per heavy atom. The van der Waals surface area contributed by atoms with Crippen molar-refractivity contribution < 1.29 is 40.5 Å². The van der Waals surface area contributed by atoms with E-state index >= 15 is 0 Å². The van der Waals surface area contributed by atoms with E-state index in [-0.39, 0.29) is 0 Å². The van der Waals surface area contributed by atoms with Crippen LogP contribution < -0.4 is 5.32 Å². The minimum absolute atomic E-state index is 0.432. The molecule has 0 saturated carbocycles. The average molecular weight is 283 g/mol. The molecule has 0 fully saturated rings. The zero-order valence-corrected chi connectivity index (χ0v) is 10.4. The van der Waals surface area contributed by atoms with Gasteiger partial charge >= 0.3 is 5.97 Å². The van der Waals surface area contributed by atoms with Gasteiger partial charge in [0.05, 0.1) is 18.8 Å². The maximum atomic E-state index is 10.7. The Morgan fingerprint density at radius 2 is 1.53 bits per heavy atom. The van der Waals surface area contributed by atoms with Gasteiger partial charge in [0.1, 0.15) is 24.4 Å². The van der Waals surface area contributed by atoms with Gasteiger partial charge in [-0.3, -0.25) is 10.1 Å². The number of carbonyl (C=O) groups is 1. The number of aliphatic carboxylic acids is 1. The summed E-state index contributed by atoms with van der Waals surface area (Å²) in [5.74, 6) is -1.34. The summed E-state index contributed by atoms with van der Waals surface area (Å²) in [6.07, 6.45) is -8.00. The summed E-state index contributed by atoms with van der Waals surface area (Å²) in [6, 6.07) is -1.35. The molecule has 0 rings (SSSR count). The van der Waals surface area contributed by atoms with E-state index in [1.54, 1.807) is 0 Å². The highest BCUT2D eigenvalue weighted by atomic mass is 16.4. The molecular formula is C10H21NO8. The van der Waals surface area contributed by atoms with Gasteiger partial charge in [0, 0.05) is 6.54 Å². The first kappa shape index (κ1) is 18.2. The molecule has 4 unspecified atom stereocenters. The third-order valence-electron chi connectivity index (χ3n) is 2.62. The van der Waals surface area contributed by atoms with E-state index in [9.17, 15) is 20.1 Å². The third kappa shape index (κ3) is 5.78. The fourth-order valence-electron chi connectivity index (χ4n) is 1.40. The highest BCUT2D eigenvalue weighted by molar-refractivity contribution is 5.74. The first-order valence-electron chi connectivity index (χ1n) is 5.69. The summed E-state index contributed by atoms with van der Waals surface area (Å²) in [7, 11) is 0. The number of carboxylic acids is 1. The van der Waals surface area contributed by atoms with Gasteiger partial charge in [-0.25, -0.2) is 0 Å². The lowest BCUT2D eigenvalue weighted by atomic mass is 10.0. The summed E-state index contributed by atoms with van der Waals surface area (Å²) in [5.41, 5.74) is 0. The Morgan fingerprint density at radius 3 is 1.89 bits per heavy atom. The molecule has 0 aliphatic heterocycles. The minimum Gasteiger partial charge on any atom is -0.480 e. The van der Waals surface area contributed by atoms with Crippen LogP contribution in [0.5, 0.6) is 0 Å². The maximum Gasteiger partial charge on any atom is 0.323 e. The molecule has 0 aromatic rings. The molecule has 19 heavy (non-hydrogen) atoms. The predicted octanol–water partition coefficient (Wildman–Crippen LogP) is -4.15. The molecule has 9 nitrogen and oxygen atoms in total. The lowest BCUT2D eigenvalue weighted by Crippen LogP contribution is -2.53. The summed E-state index contributed by atoms with van der Waals surface area (Å²) < 4.78 is 0. The van der Waals surface area contributed by atoms with Crippen LogP contribution in [0.25, 0.3) is 0 Å². The molecule has 8 N–H and O–H groups in total. The van der Waals surface area contributed by atoms with Crippen LogP contribution in [0.15, 0.2) is 0 Å². The van der Waals surface area contributed by atoms with Crippen LogP contribution in [-0.2, 0) is 4.79 Å². The molecule has 0 aliphatic carbocycles. The van der Waals surface area contributed by atoms with Crippen molar-refractivity contribution in [2.75, 3.05) is 13.2 Å². The second-order valence-corrected chi connectivity index (χ2v) is 4.26. The molecule has 0 aliphatic rings. The monoisotopic (exact) mass is 283 g/mol. The Labute approximate surface area is 109 Å². The Kier molecular flexibility index (Phi) is 8.02. The number of rotatable bonds is 9. The number of hydrogen-bond donors (Lipinski definition) is 8. The van der Waals surface area contributed by atoms with E-state index in [0.717, 1.165) is 0 Å². The molecule has 114 valence electrons. The van der Waals surface area contributed by atoms with Gasteiger partial charge in [0.25, 0.3) is 0 Å². The van der Waals surface area contributed by atoms with E-state index in [0.29, 0.717) is 0 Å². The Hall–Kier alpha value is -0.810. The van der Waals surface area contributed by atoms with Gasteiger partial charge in [0.15, 0.2) is 0 Å². The zero-order chi connectivity index (χ0) is 15.2. The molecule has 0 bridgehead atoms. The van der Waals surface area contributed by atoms with E-state index in [4.69, 9.17) is 20.4 Å². The quantitative estimate of drug-likeness (QED) is 0.209. The first-order chi connectivity index (χ1) is 8.72. The lowest BCUT2D eigenvalue weighted by Gasteiger charge is -2.27. The SMILES string of the molecule is C[C@@H](O)[C@H](NCC(O)C(O)C(O)C(O)CO)C(=O)O. The van der Waals surface area contributed by atoms with Crippen LogP contribution in [0.3, 0.4) is 0 Å². The van der Waals surface area contributed by atoms with Crippen LogP contribution >= 0.6 is 0 Å².